The highest BCUT2D eigenvalue weighted by Crippen LogP contribution is 2.09. The quantitative estimate of drug-likeness (QED) is 0.509. The molecule has 0 aliphatic carbocycles. The summed E-state index contributed by atoms with van der Waals surface area (Å²) in [6.07, 6.45) is 1.61. The molecule has 0 aromatic carbocycles. The van der Waals surface area contributed by atoms with Crippen molar-refractivity contribution in [2.24, 2.45) is 0 Å². The smallest absolute Gasteiger partial charge is 0.308 e. The van der Waals surface area contributed by atoms with E-state index >= 15 is 0 Å². The summed E-state index contributed by atoms with van der Waals surface area (Å²) < 4.78 is 6.24. The van der Waals surface area contributed by atoms with Crippen molar-refractivity contribution in [3.63, 3.8) is 0 Å². The van der Waals surface area contributed by atoms with Crippen molar-refractivity contribution >= 4 is 11.8 Å². The molecule has 2 N–H and O–H groups in total. The molecule has 6 heteroatoms. The third-order valence-electron chi connectivity index (χ3n) is 1.55. The molecule has 0 aliphatic rings. The van der Waals surface area contributed by atoms with Gasteiger partial charge in [0.2, 0.25) is 11.2 Å². The van der Waals surface area contributed by atoms with Gasteiger partial charge in [0.05, 0.1) is 0 Å². The largest absolute Gasteiger partial charge is 0.385 e. The summed E-state index contributed by atoms with van der Waals surface area (Å²) in [5.74, 6) is -0.108. The molecule has 0 fully saturated rings. The van der Waals surface area contributed by atoms with Crippen molar-refractivity contribution in [3.8, 4) is 0 Å². The van der Waals surface area contributed by atoms with Crippen LogP contribution in [0.15, 0.2) is 17.2 Å². The zero-order valence-corrected chi connectivity index (χ0v) is 7.86. The number of nitrogens with zero attached hydrogens (tertiary/aromatic N) is 2. The average molecular weight is 198 g/mol. The summed E-state index contributed by atoms with van der Waals surface area (Å²) in [4.78, 5) is 10.7. The second-order valence-electron chi connectivity index (χ2n) is 2.66. The van der Waals surface area contributed by atoms with Gasteiger partial charge < -0.3 is 5.11 Å². The summed E-state index contributed by atoms with van der Waals surface area (Å²) in [7, 11) is 0. The van der Waals surface area contributed by atoms with Gasteiger partial charge in [-0.2, -0.15) is 0 Å². The molecule has 1 amide bonds. The Hall–Kier alpha value is -1.69. The number of carbonyl (C=O) groups is 1. The molecule has 1 aromatic heterocycles. The maximum Gasteiger partial charge on any atom is 0.308 e. The number of hydrogen-bond donors (Lipinski definition) is 2. The van der Waals surface area contributed by atoms with Gasteiger partial charge in [0.1, 0.15) is 6.61 Å². The maximum atomic E-state index is 10.7. The van der Waals surface area contributed by atoms with Crippen LogP contribution in [0.4, 0.5) is 5.88 Å². The highest BCUT2D eigenvalue weighted by atomic mass is 16.5. The van der Waals surface area contributed by atoms with Crippen molar-refractivity contribution in [2.45, 2.75) is 20.1 Å². The van der Waals surface area contributed by atoms with E-state index in [4.69, 9.17) is 9.63 Å². The number of carbonyl (C=O) groups excluding carboxylic acids is 1. The first kappa shape index (κ1) is 10.4. The normalized spacial score (nSPS) is 9.86. The van der Waals surface area contributed by atoms with Crippen LogP contribution in [0.2, 0.25) is 0 Å². The molecule has 14 heavy (non-hydrogen) atoms. The Morgan fingerprint density at radius 3 is 3.07 bits per heavy atom. The lowest BCUT2D eigenvalue weighted by molar-refractivity contribution is -0.760. The lowest BCUT2D eigenvalue weighted by atomic mass is 10.4. The van der Waals surface area contributed by atoms with Crippen LogP contribution >= 0.6 is 0 Å². The summed E-state index contributed by atoms with van der Waals surface area (Å²) in [6, 6.07) is 0. The van der Waals surface area contributed by atoms with Gasteiger partial charge in [-0.1, -0.05) is 6.58 Å². The highest BCUT2D eigenvalue weighted by molar-refractivity contribution is 5.87. The lowest BCUT2D eigenvalue weighted by Crippen LogP contribution is -2.38. The van der Waals surface area contributed by atoms with E-state index in [0.717, 1.165) is 0 Å². The molecule has 1 heterocycles. The number of rotatable bonds is 4. The van der Waals surface area contributed by atoms with Gasteiger partial charge in [0.15, 0.2) is 6.54 Å². The Kier molecular flexibility index (Phi) is 3.35. The Balaban J connectivity index is 2.94. The second-order valence-corrected chi connectivity index (χ2v) is 2.66. The van der Waals surface area contributed by atoms with E-state index in [1.54, 1.807) is 6.08 Å². The number of aliphatic hydroxyl groups excluding tert-OH is 1. The minimum absolute atomic E-state index is 0.168. The average Bonchev–Trinajstić information content (AvgIpc) is 2.47. The zero-order valence-electron chi connectivity index (χ0n) is 7.86. The first-order chi connectivity index (χ1) is 6.69. The van der Waals surface area contributed by atoms with Crippen molar-refractivity contribution < 1.29 is 19.1 Å². The Morgan fingerprint density at radius 2 is 2.57 bits per heavy atom. The van der Waals surface area contributed by atoms with Gasteiger partial charge in [0.25, 0.3) is 5.69 Å². The van der Waals surface area contributed by atoms with Crippen molar-refractivity contribution in [1.29, 1.82) is 0 Å². The number of aliphatic hydroxyl groups is 1. The number of anilines is 1. The van der Waals surface area contributed by atoms with Gasteiger partial charge in [-0.3, -0.25) is 14.6 Å². The fraction of sp³-hybridized carbons (Fsp3) is 0.375. The van der Waals surface area contributed by atoms with E-state index in [1.165, 1.54) is 11.6 Å². The number of hydrogen-bond acceptors (Lipinski definition) is 4. The molecule has 0 radical (unpaired) electrons. The van der Waals surface area contributed by atoms with Crippen molar-refractivity contribution in [1.82, 2.24) is 5.27 Å². The second kappa shape index (κ2) is 4.52. The predicted molar refractivity (Wildman–Crippen MR) is 47.1 cm³/mol. The van der Waals surface area contributed by atoms with Crippen molar-refractivity contribution in [2.75, 3.05) is 5.32 Å². The first-order valence-electron chi connectivity index (χ1n) is 4.07. The summed E-state index contributed by atoms with van der Waals surface area (Å²) in [6.45, 7) is 5.04. The summed E-state index contributed by atoms with van der Waals surface area (Å²) in [5.41, 5.74) is 0.417. The fourth-order valence-corrected chi connectivity index (χ4v) is 0.983. The molecule has 0 saturated heterocycles. The van der Waals surface area contributed by atoms with Crippen LogP contribution in [-0.2, 0) is 17.9 Å². The minimum atomic E-state index is -0.276. The monoisotopic (exact) mass is 198 g/mol. The summed E-state index contributed by atoms with van der Waals surface area (Å²) in [5, 5.41) is 15.1. The number of allylic oxidation sites excluding steroid dienone is 1. The molecule has 1 aromatic rings. The number of amides is 1. The molecule has 76 valence electrons. The van der Waals surface area contributed by atoms with Crippen LogP contribution in [0.25, 0.3) is 0 Å². The molecule has 0 aliphatic heterocycles. The van der Waals surface area contributed by atoms with E-state index in [1.807, 2.05) is 0 Å². The topological polar surface area (TPSA) is 79.2 Å². The van der Waals surface area contributed by atoms with E-state index in [-0.39, 0.29) is 18.4 Å². The van der Waals surface area contributed by atoms with E-state index in [9.17, 15) is 4.79 Å². The van der Waals surface area contributed by atoms with Crippen LogP contribution in [0, 0.1) is 0 Å². The molecule has 0 atom stereocenters. The molecule has 6 nitrogen and oxygen atoms in total. The van der Waals surface area contributed by atoms with Gasteiger partial charge in [-0.15, -0.1) is 0 Å². The molecule has 0 bridgehead atoms. The van der Waals surface area contributed by atoms with E-state index < -0.39 is 0 Å². The molecule has 0 unspecified atom stereocenters. The first-order valence-corrected chi connectivity index (χ1v) is 4.07. The van der Waals surface area contributed by atoms with Gasteiger partial charge >= 0.3 is 5.88 Å². The lowest BCUT2D eigenvalue weighted by Gasteiger charge is -1.92. The van der Waals surface area contributed by atoms with E-state index in [0.29, 0.717) is 12.2 Å². The summed E-state index contributed by atoms with van der Waals surface area (Å²) >= 11 is 0. The third-order valence-corrected chi connectivity index (χ3v) is 1.55. The minimum Gasteiger partial charge on any atom is -0.385 e. The van der Waals surface area contributed by atoms with Gasteiger partial charge in [-0.25, -0.2) is 0 Å². The molecular formula is C8H12N3O3+. The molecule has 1 rings (SSSR count). The Labute approximate surface area is 80.8 Å². The van der Waals surface area contributed by atoms with Gasteiger partial charge in [0, 0.05) is 6.92 Å². The van der Waals surface area contributed by atoms with Crippen LogP contribution in [-0.4, -0.2) is 16.3 Å². The molecule has 0 spiro atoms. The van der Waals surface area contributed by atoms with E-state index in [2.05, 4.69) is 17.2 Å². The highest BCUT2D eigenvalue weighted by Gasteiger charge is 2.23. The number of nitrogens with one attached hydrogen (secondary N) is 1. The fourth-order valence-electron chi connectivity index (χ4n) is 0.983. The van der Waals surface area contributed by atoms with Crippen LogP contribution in [0.1, 0.15) is 12.6 Å². The standard InChI is InChI=1S/C8H11N3O3/c1-3-4-11-7(5-12)8(14-10-11)9-6(2)13/h3,12H,1,4-5H2,2H3/p+1. The van der Waals surface area contributed by atoms with Crippen LogP contribution < -0.4 is 10.00 Å². The third kappa shape index (κ3) is 2.17. The maximum absolute atomic E-state index is 10.7. The Bertz CT molecular complexity index is 346. The van der Waals surface area contributed by atoms with Crippen molar-refractivity contribution in [3.05, 3.63) is 18.3 Å². The Morgan fingerprint density at radius 1 is 1.86 bits per heavy atom. The molecule has 0 saturated carbocycles. The molecular weight excluding hydrogens is 186 g/mol. The number of aromatic nitrogens is 2. The zero-order chi connectivity index (χ0) is 10.6. The predicted octanol–water partition coefficient (Wildman–Crippen LogP) is -0.401. The SMILES string of the molecule is C=CC[n+]1noc(NC(C)=O)c1CO. The van der Waals surface area contributed by atoms with Crippen LogP contribution in [0.3, 0.4) is 0 Å². The van der Waals surface area contributed by atoms with Crippen LogP contribution in [0.5, 0.6) is 0 Å². The van der Waals surface area contributed by atoms with Gasteiger partial charge in [-0.05, 0) is 10.8 Å².